The van der Waals surface area contributed by atoms with E-state index < -0.39 is 5.79 Å². The van der Waals surface area contributed by atoms with Crippen LogP contribution < -0.4 is 5.73 Å². The molecular formula is C5H10FN. The number of nitrogens with two attached hydrogens (primary N) is 1. The zero-order valence-electron chi connectivity index (χ0n) is 4.28. The van der Waals surface area contributed by atoms with Crippen LogP contribution in [0.3, 0.4) is 0 Å². The van der Waals surface area contributed by atoms with Crippen molar-refractivity contribution < 1.29 is 4.39 Å². The molecule has 0 amide bonds. The van der Waals surface area contributed by atoms with Gasteiger partial charge in [0, 0.05) is 0 Å². The molecule has 0 saturated heterocycles. The summed E-state index contributed by atoms with van der Waals surface area (Å²) in [5.41, 5.74) is 5.11. The maximum atomic E-state index is 12.4. The van der Waals surface area contributed by atoms with Gasteiger partial charge in [-0.1, -0.05) is 0 Å². The number of hydrogen-bond acceptors (Lipinski definition) is 1. The summed E-state index contributed by atoms with van der Waals surface area (Å²) in [5, 5.41) is 0. The highest BCUT2D eigenvalue weighted by atomic mass is 19.1. The van der Waals surface area contributed by atoms with E-state index in [9.17, 15) is 4.39 Å². The van der Waals surface area contributed by atoms with E-state index in [0.717, 1.165) is 12.8 Å². The highest BCUT2D eigenvalue weighted by Gasteiger charge is 2.27. The van der Waals surface area contributed by atoms with Gasteiger partial charge in [0.15, 0.2) is 5.79 Å². The number of rotatable bonds is 0. The second-order valence-electron chi connectivity index (χ2n) is 2.24. The van der Waals surface area contributed by atoms with E-state index in [1.807, 2.05) is 0 Å². The minimum atomic E-state index is -1.31. The Balaban J connectivity index is 2.40. The first-order chi connectivity index (χ1) is 3.21. The summed E-state index contributed by atoms with van der Waals surface area (Å²) in [6, 6.07) is 0. The van der Waals surface area contributed by atoms with Gasteiger partial charge in [-0.2, -0.15) is 0 Å². The topological polar surface area (TPSA) is 26.0 Å². The van der Waals surface area contributed by atoms with Crippen LogP contribution >= 0.6 is 0 Å². The molecule has 0 unspecified atom stereocenters. The fraction of sp³-hybridized carbons (Fsp3) is 1.00. The molecule has 1 rings (SSSR count). The number of alkyl halides is 1. The minimum Gasteiger partial charge on any atom is -0.299 e. The highest BCUT2D eigenvalue weighted by Crippen LogP contribution is 2.27. The van der Waals surface area contributed by atoms with Crippen molar-refractivity contribution in [1.82, 2.24) is 0 Å². The molecule has 1 aliphatic rings. The van der Waals surface area contributed by atoms with E-state index >= 15 is 0 Å². The predicted octanol–water partition coefficient (Wildman–Crippen LogP) is 1.18. The molecule has 0 heterocycles. The first kappa shape index (κ1) is 5.04. The Bertz CT molecular complexity index is 62.5. The predicted molar refractivity (Wildman–Crippen MR) is 26.5 cm³/mol. The molecule has 0 atom stereocenters. The fourth-order valence-electron chi connectivity index (χ4n) is 0.963. The van der Waals surface area contributed by atoms with Crippen LogP contribution in [0.25, 0.3) is 0 Å². The number of hydrogen-bond donors (Lipinski definition) is 1. The molecule has 0 aromatic heterocycles. The zero-order valence-corrected chi connectivity index (χ0v) is 4.28. The van der Waals surface area contributed by atoms with Gasteiger partial charge in [-0.3, -0.25) is 5.73 Å². The molecule has 1 fully saturated rings. The standard InChI is InChI=1S/C5H10FN/c6-5(7)3-1-2-4-5/h1-4,7H2. The monoisotopic (exact) mass is 103 g/mol. The lowest BCUT2D eigenvalue weighted by Crippen LogP contribution is -2.29. The second kappa shape index (κ2) is 1.44. The average Bonchev–Trinajstić information content (AvgIpc) is 1.84. The lowest BCUT2D eigenvalue weighted by atomic mass is 10.2. The summed E-state index contributed by atoms with van der Waals surface area (Å²) in [5.74, 6) is -1.31. The largest absolute Gasteiger partial charge is 0.299 e. The molecule has 42 valence electrons. The molecule has 7 heavy (non-hydrogen) atoms. The molecule has 0 bridgehead atoms. The summed E-state index contributed by atoms with van der Waals surface area (Å²) in [6.07, 6.45) is 3.06. The van der Waals surface area contributed by atoms with Gasteiger partial charge in [0.2, 0.25) is 0 Å². The molecule has 0 spiro atoms. The van der Waals surface area contributed by atoms with E-state index in [0.29, 0.717) is 12.8 Å². The minimum absolute atomic E-state index is 0.562. The van der Waals surface area contributed by atoms with Gasteiger partial charge < -0.3 is 0 Å². The smallest absolute Gasteiger partial charge is 0.159 e. The lowest BCUT2D eigenvalue weighted by Gasteiger charge is -2.08. The van der Waals surface area contributed by atoms with Crippen LogP contribution in [0.1, 0.15) is 25.7 Å². The summed E-state index contributed by atoms with van der Waals surface area (Å²) in [7, 11) is 0. The highest BCUT2D eigenvalue weighted by molar-refractivity contribution is 4.77. The van der Waals surface area contributed by atoms with Gasteiger partial charge in [-0.05, 0) is 25.7 Å². The van der Waals surface area contributed by atoms with Crippen molar-refractivity contribution in [1.29, 1.82) is 0 Å². The van der Waals surface area contributed by atoms with Crippen LogP contribution in [-0.4, -0.2) is 5.79 Å². The third-order valence-electron chi connectivity index (χ3n) is 1.43. The lowest BCUT2D eigenvalue weighted by molar-refractivity contribution is 0.183. The SMILES string of the molecule is NC1(F)CCCC1. The summed E-state index contributed by atoms with van der Waals surface area (Å²) >= 11 is 0. The van der Waals surface area contributed by atoms with Gasteiger partial charge >= 0.3 is 0 Å². The molecule has 1 nitrogen and oxygen atoms in total. The molecule has 2 heteroatoms. The van der Waals surface area contributed by atoms with Gasteiger partial charge in [0.25, 0.3) is 0 Å². The molecule has 2 N–H and O–H groups in total. The van der Waals surface area contributed by atoms with E-state index in [1.54, 1.807) is 0 Å². The molecule has 0 aliphatic heterocycles. The van der Waals surface area contributed by atoms with E-state index in [1.165, 1.54) is 0 Å². The quantitative estimate of drug-likeness (QED) is 0.458. The van der Waals surface area contributed by atoms with Crippen molar-refractivity contribution in [2.45, 2.75) is 31.5 Å². The van der Waals surface area contributed by atoms with E-state index in [-0.39, 0.29) is 0 Å². The maximum absolute atomic E-state index is 12.4. The van der Waals surface area contributed by atoms with Crippen LogP contribution in [0.4, 0.5) is 4.39 Å². The Labute approximate surface area is 42.7 Å². The van der Waals surface area contributed by atoms with Gasteiger partial charge in [0.05, 0.1) is 0 Å². The molecule has 1 saturated carbocycles. The van der Waals surface area contributed by atoms with Crippen molar-refractivity contribution >= 4 is 0 Å². The summed E-state index contributed by atoms with van der Waals surface area (Å²) < 4.78 is 12.4. The third kappa shape index (κ3) is 1.13. The molecular weight excluding hydrogens is 93.1 g/mol. The zero-order chi connectivity index (χ0) is 5.33. The maximum Gasteiger partial charge on any atom is 0.159 e. The summed E-state index contributed by atoms with van der Waals surface area (Å²) in [6.45, 7) is 0. The third-order valence-corrected chi connectivity index (χ3v) is 1.43. The Morgan fingerprint density at radius 2 is 1.71 bits per heavy atom. The molecule has 1 aliphatic carbocycles. The Morgan fingerprint density at radius 3 is 1.86 bits per heavy atom. The molecule has 0 radical (unpaired) electrons. The van der Waals surface area contributed by atoms with Gasteiger partial charge in [-0.25, -0.2) is 4.39 Å². The molecule has 0 aromatic rings. The van der Waals surface area contributed by atoms with Crippen LogP contribution in [0.5, 0.6) is 0 Å². The van der Waals surface area contributed by atoms with E-state index in [4.69, 9.17) is 5.73 Å². The normalized spacial score (nSPS) is 28.3. The van der Waals surface area contributed by atoms with Crippen molar-refractivity contribution in [3.63, 3.8) is 0 Å². The number of halogens is 1. The van der Waals surface area contributed by atoms with Crippen LogP contribution in [0.2, 0.25) is 0 Å². The van der Waals surface area contributed by atoms with E-state index in [2.05, 4.69) is 0 Å². The second-order valence-corrected chi connectivity index (χ2v) is 2.24. The van der Waals surface area contributed by atoms with Gasteiger partial charge in [-0.15, -0.1) is 0 Å². The van der Waals surface area contributed by atoms with Crippen molar-refractivity contribution in [2.75, 3.05) is 0 Å². The Hall–Kier alpha value is -0.110. The van der Waals surface area contributed by atoms with Crippen LogP contribution in [-0.2, 0) is 0 Å². The first-order valence-electron chi connectivity index (χ1n) is 2.68. The van der Waals surface area contributed by atoms with Crippen LogP contribution in [0, 0.1) is 0 Å². The summed E-state index contributed by atoms with van der Waals surface area (Å²) in [4.78, 5) is 0. The average molecular weight is 103 g/mol. The van der Waals surface area contributed by atoms with Crippen molar-refractivity contribution in [2.24, 2.45) is 5.73 Å². The Morgan fingerprint density at radius 1 is 1.29 bits per heavy atom. The van der Waals surface area contributed by atoms with Gasteiger partial charge in [0.1, 0.15) is 0 Å². The first-order valence-corrected chi connectivity index (χ1v) is 2.68. The van der Waals surface area contributed by atoms with Crippen molar-refractivity contribution in [3.8, 4) is 0 Å². The fourth-order valence-corrected chi connectivity index (χ4v) is 0.963. The Kier molecular flexibility index (Phi) is 1.04. The molecule has 0 aromatic carbocycles. The van der Waals surface area contributed by atoms with Crippen LogP contribution in [0.15, 0.2) is 0 Å². The van der Waals surface area contributed by atoms with Crippen molar-refractivity contribution in [3.05, 3.63) is 0 Å².